The van der Waals surface area contributed by atoms with Crippen molar-refractivity contribution in [3.8, 4) is 5.75 Å². The van der Waals surface area contributed by atoms with Gasteiger partial charge in [-0.05, 0) is 50.4 Å². The summed E-state index contributed by atoms with van der Waals surface area (Å²) in [4.78, 5) is 0. The Kier molecular flexibility index (Phi) is 5.64. The molecule has 106 valence electrons. The number of halogens is 1. The van der Waals surface area contributed by atoms with Crippen LogP contribution >= 0.6 is 0 Å². The molecule has 3 heteroatoms. The molecule has 0 bridgehead atoms. The van der Waals surface area contributed by atoms with Crippen LogP contribution in [0.2, 0.25) is 0 Å². The van der Waals surface area contributed by atoms with E-state index in [2.05, 4.69) is 5.32 Å². The van der Waals surface area contributed by atoms with Gasteiger partial charge in [-0.1, -0.05) is 25.3 Å². The van der Waals surface area contributed by atoms with Gasteiger partial charge in [0.1, 0.15) is 0 Å². The first-order valence-corrected chi connectivity index (χ1v) is 7.38. The lowest BCUT2D eigenvalue weighted by molar-refractivity contribution is 0.284. The van der Waals surface area contributed by atoms with E-state index in [0.29, 0.717) is 18.4 Å². The summed E-state index contributed by atoms with van der Waals surface area (Å²) in [5, 5.41) is 3.56. The van der Waals surface area contributed by atoms with E-state index in [1.807, 2.05) is 6.92 Å². The van der Waals surface area contributed by atoms with Gasteiger partial charge in [-0.15, -0.1) is 0 Å². The van der Waals surface area contributed by atoms with Crippen LogP contribution in [0.5, 0.6) is 5.75 Å². The van der Waals surface area contributed by atoms with Gasteiger partial charge in [0, 0.05) is 6.04 Å². The first-order chi connectivity index (χ1) is 9.25. The van der Waals surface area contributed by atoms with Crippen molar-refractivity contribution in [2.24, 2.45) is 0 Å². The number of ether oxygens (including phenoxy) is 1. The van der Waals surface area contributed by atoms with Crippen LogP contribution in [0.1, 0.15) is 44.1 Å². The molecule has 0 aliphatic heterocycles. The molecule has 1 fully saturated rings. The normalized spacial score (nSPS) is 16.5. The van der Waals surface area contributed by atoms with Gasteiger partial charge in [0.15, 0.2) is 11.6 Å². The summed E-state index contributed by atoms with van der Waals surface area (Å²) < 4.78 is 18.9. The van der Waals surface area contributed by atoms with E-state index < -0.39 is 0 Å². The second-order valence-electron chi connectivity index (χ2n) is 5.42. The summed E-state index contributed by atoms with van der Waals surface area (Å²) in [5.41, 5.74) is 1.02. The van der Waals surface area contributed by atoms with Crippen molar-refractivity contribution in [1.82, 2.24) is 5.32 Å². The monoisotopic (exact) mass is 265 g/mol. The second-order valence-corrected chi connectivity index (χ2v) is 5.42. The van der Waals surface area contributed by atoms with Gasteiger partial charge < -0.3 is 10.1 Å². The Morgan fingerprint density at radius 1 is 1.26 bits per heavy atom. The molecule has 0 heterocycles. The van der Waals surface area contributed by atoms with Crippen molar-refractivity contribution in [2.45, 2.75) is 51.5 Å². The van der Waals surface area contributed by atoms with E-state index in [0.717, 1.165) is 18.5 Å². The van der Waals surface area contributed by atoms with Crippen molar-refractivity contribution in [1.29, 1.82) is 0 Å². The highest BCUT2D eigenvalue weighted by atomic mass is 19.1. The van der Waals surface area contributed by atoms with E-state index in [1.165, 1.54) is 38.2 Å². The van der Waals surface area contributed by atoms with E-state index in [9.17, 15) is 4.39 Å². The third-order valence-corrected chi connectivity index (χ3v) is 3.70. The molecule has 2 nitrogen and oxygen atoms in total. The maximum Gasteiger partial charge on any atom is 0.165 e. The van der Waals surface area contributed by atoms with Gasteiger partial charge in [-0.3, -0.25) is 0 Å². The fourth-order valence-corrected chi connectivity index (χ4v) is 2.59. The fraction of sp³-hybridized carbons (Fsp3) is 0.625. The van der Waals surface area contributed by atoms with Crippen LogP contribution in [0.15, 0.2) is 18.2 Å². The summed E-state index contributed by atoms with van der Waals surface area (Å²) >= 11 is 0. The summed E-state index contributed by atoms with van der Waals surface area (Å²) in [6, 6.07) is 5.66. The highest BCUT2D eigenvalue weighted by Gasteiger charge is 2.11. The maximum absolute atomic E-state index is 13.4. The predicted molar refractivity (Wildman–Crippen MR) is 76.1 cm³/mol. The lowest BCUT2D eigenvalue weighted by Crippen LogP contribution is -2.32. The number of hydrogen-bond acceptors (Lipinski definition) is 2. The molecule has 1 aromatic rings. The van der Waals surface area contributed by atoms with Gasteiger partial charge in [0.05, 0.1) is 6.61 Å². The Morgan fingerprint density at radius 3 is 2.84 bits per heavy atom. The average Bonchev–Trinajstić information content (AvgIpc) is 2.43. The molecular weight excluding hydrogens is 241 g/mol. The zero-order valence-electron chi connectivity index (χ0n) is 11.8. The molecule has 19 heavy (non-hydrogen) atoms. The molecule has 1 aliphatic carbocycles. The molecule has 0 saturated heterocycles. The van der Waals surface area contributed by atoms with E-state index in [1.54, 1.807) is 12.1 Å². The molecule has 0 spiro atoms. The van der Waals surface area contributed by atoms with E-state index >= 15 is 0 Å². The van der Waals surface area contributed by atoms with E-state index in [4.69, 9.17) is 4.74 Å². The minimum Gasteiger partial charge on any atom is -0.490 e. The van der Waals surface area contributed by atoms with Crippen molar-refractivity contribution < 1.29 is 9.13 Å². The predicted octanol–water partition coefficient (Wildman–Crippen LogP) is 3.83. The Labute approximate surface area is 115 Å². The molecular formula is C16H24FNO. The first-order valence-electron chi connectivity index (χ1n) is 7.38. The molecule has 0 unspecified atom stereocenters. The highest BCUT2D eigenvalue weighted by molar-refractivity contribution is 5.29. The lowest BCUT2D eigenvalue weighted by atomic mass is 9.95. The number of rotatable bonds is 6. The number of aryl methyl sites for hydroxylation is 1. The van der Waals surface area contributed by atoms with Crippen LogP contribution in [-0.2, 0) is 0 Å². The maximum atomic E-state index is 13.4. The van der Waals surface area contributed by atoms with Crippen LogP contribution in [0.3, 0.4) is 0 Å². The Hall–Kier alpha value is -1.09. The fourth-order valence-electron chi connectivity index (χ4n) is 2.59. The van der Waals surface area contributed by atoms with Crippen molar-refractivity contribution in [2.75, 3.05) is 13.2 Å². The van der Waals surface area contributed by atoms with Gasteiger partial charge in [0.2, 0.25) is 0 Å². The third kappa shape index (κ3) is 4.83. The molecule has 2 rings (SSSR count). The van der Waals surface area contributed by atoms with Crippen LogP contribution in [0.4, 0.5) is 4.39 Å². The number of nitrogens with one attached hydrogen (secondary N) is 1. The zero-order chi connectivity index (χ0) is 13.5. The summed E-state index contributed by atoms with van der Waals surface area (Å²) in [7, 11) is 0. The van der Waals surface area contributed by atoms with E-state index in [-0.39, 0.29) is 5.82 Å². The third-order valence-electron chi connectivity index (χ3n) is 3.70. The summed E-state index contributed by atoms with van der Waals surface area (Å²) in [6.45, 7) is 3.47. The largest absolute Gasteiger partial charge is 0.490 e. The molecule has 0 radical (unpaired) electrons. The highest BCUT2D eigenvalue weighted by Crippen LogP contribution is 2.19. The van der Waals surface area contributed by atoms with Crippen LogP contribution in [-0.4, -0.2) is 19.2 Å². The molecule has 1 aliphatic rings. The quantitative estimate of drug-likeness (QED) is 0.789. The van der Waals surface area contributed by atoms with Crippen LogP contribution < -0.4 is 10.1 Å². The standard InChI is InChI=1S/C16H24FNO/c1-13-8-9-15(17)16(12-13)19-11-5-10-18-14-6-3-2-4-7-14/h8-9,12,14,18H,2-7,10-11H2,1H3. The Balaban J connectivity index is 1.62. The van der Waals surface area contributed by atoms with Crippen LogP contribution in [0.25, 0.3) is 0 Å². The topological polar surface area (TPSA) is 21.3 Å². The van der Waals surface area contributed by atoms with Crippen molar-refractivity contribution >= 4 is 0 Å². The smallest absolute Gasteiger partial charge is 0.165 e. The molecule has 1 aromatic carbocycles. The molecule has 1 N–H and O–H groups in total. The minimum atomic E-state index is -0.272. The van der Waals surface area contributed by atoms with Gasteiger partial charge in [-0.25, -0.2) is 4.39 Å². The Morgan fingerprint density at radius 2 is 2.05 bits per heavy atom. The van der Waals surface area contributed by atoms with Crippen molar-refractivity contribution in [3.05, 3.63) is 29.6 Å². The first kappa shape index (κ1) is 14.3. The molecule has 1 saturated carbocycles. The average molecular weight is 265 g/mol. The van der Waals surface area contributed by atoms with Crippen LogP contribution in [0, 0.1) is 12.7 Å². The molecule has 0 atom stereocenters. The zero-order valence-corrected chi connectivity index (χ0v) is 11.8. The second kappa shape index (κ2) is 7.49. The summed E-state index contributed by atoms with van der Waals surface area (Å²) in [5.74, 6) is 0.100. The van der Waals surface area contributed by atoms with Crippen molar-refractivity contribution in [3.63, 3.8) is 0 Å². The number of hydrogen-bond donors (Lipinski definition) is 1. The molecule has 0 aromatic heterocycles. The van der Waals surface area contributed by atoms with Gasteiger partial charge in [-0.2, -0.15) is 0 Å². The lowest BCUT2D eigenvalue weighted by Gasteiger charge is -2.22. The minimum absolute atomic E-state index is 0.272. The van der Waals surface area contributed by atoms with Gasteiger partial charge in [0.25, 0.3) is 0 Å². The Bertz CT molecular complexity index is 388. The van der Waals surface area contributed by atoms with Gasteiger partial charge >= 0.3 is 0 Å². The SMILES string of the molecule is Cc1ccc(F)c(OCCCNC2CCCCC2)c1. The number of benzene rings is 1. The summed E-state index contributed by atoms with van der Waals surface area (Å²) in [6.07, 6.45) is 7.60. The molecule has 0 amide bonds.